The number of carbonyl (C=O) groups excluding carboxylic acids is 1. The third-order valence-electron chi connectivity index (χ3n) is 2.85. The fourth-order valence-electron chi connectivity index (χ4n) is 1.82. The van der Waals surface area contributed by atoms with Gasteiger partial charge in [-0.2, -0.15) is 0 Å². The second kappa shape index (κ2) is 5.02. The summed E-state index contributed by atoms with van der Waals surface area (Å²) in [5, 5.41) is 0. The Labute approximate surface area is 114 Å². The van der Waals surface area contributed by atoms with Gasteiger partial charge in [-0.25, -0.2) is 4.39 Å². The smallest absolute Gasteiger partial charge is 0.193 e. The van der Waals surface area contributed by atoms with Crippen molar-refractivity contribution in [3.05, 3.63) is 68.9 Å². The van der Waals surface area contributed by atoms with E-state index in [1.54, 1.807) is 19.1 Å². The quantitative estimate of drug-likeness (QED) is 0.750. The van der Waals surface area contributed by atoms with Crippen LogP contribution in [0.1, 0.15) is 27.0 Å². The van der Waals surface area contributed by atoms with E-state index in [9.17, 15) is 9.18 Å². The molecule has 0 saturated heterocycles. The third-order valence-corrected chi connectivity index (χ3v) is 3.35. The highest BCUT2D eigenvalue weighted by Gasteiger charge is 2.12. The molecule has 2 aromatic rings. The van der Waals surface area contributed by atoms with Gasteiger partial charge in [0.15, 0.2) is 5.78 Å². The van der Waals surface area contributed by atoms with Gasteiger partial charge >= 0.3 is 0 Å². The molecule has 0 unspecified atom stereocenters. The summed E-state index contributed by atoms with van der Waals surface area (Å²) in [5.41, 5.74) is 2.54. The number of carbonyl (C=O) groups is 1. The second-order valence-electron chi connectivity index (χ2n) is 4.25. The van der Waals surface area contributed by atoms with Crippen molar-refractivity contribution in [2.75, 3.05) is 0 Å². The summed E-state index contributed by atoms with van der Waals surface area (Å²) in [6, 6.07) is 9.93. The molecular weight excluding hydrogens is 295 g/mol. The van der Waals surface area contributed by atoms with Gasteiger partial charge in [-0.1, -0.05) is 15.9 Å². The standard InChI is InChI=1S/C15H12BrFO/c1-9-8-12(16)4-5-13(9)15(18)11-3-6-14(17)10(2)7-11/h3-8H,1-2H3. The van der Waals surface area contributed by atoms with Crippen LogP contribution in [0.25, 0.3) is 0 Å². The van der Waals surface area contributed by atoms with Crippen LogP contribution in [-0.2, 0) is 0 Å². The number of hydrogen-bond donors (Lipinski definition) is 0. The van der Waals surface area contributed by atoms with Crippen LogP contribution in [-0.4, -0.2) is 5.78 Å². The van der Waals surface area contributed by atoms with E-state index in [1.807, 2.05) is 19.1 Å². The van der Waals surface area contributed by atoms with Gasteiger partial charge in [-0.15, -0.1) is 0 Å². The molecule has 0 aliphatic heterocycles. The lowest BCUT2D eigenvalue weighted by molar-refractivity contribution is 0.103. The highest BCUT2D eigenvalue weighted by atomic mass is 79.9. The van der Waals surface area contributed by atoms with Crippen molar-refractivity contribution < 1.29 is 9.18 Å². The van der Waals surface area contributed by atoms with Crippen molar-refractivity contribution in [2.45, 2.75) is 13.8 Å². The molecular formula is C15H12BrFO. The predicted molar refractivity (Wildman–Crippen MR) is 73.4 cm³/mol. The van der Waals surface area contributed by atoms with Crippen LogP contribution in [0, 0.1) is 19.7 Å². The summed E-state index contributed by atoms with van der Waals surface area (Å²) in [6.45, 7) is 3.54. The molecule has 92 valence electrons. The van der Waals surface area contributed by atoms with Crippen molar-refractivity contribution in [1.82, 2.24) is 0 Å². The second-order valence-corrected chi connectivity index (χ2v) is 5.17. The van der Waals surface area contributed by atoms with Crippen LogP contribution < -0.4 is 0 Å². The number of aryl methyl sites for hydroxylation is 2. The average Bonchev–Trinajstić information content (AvgIpc) is 2.32. The monoisotopic (exact) mass is 306 g/mol. The largest absolute Gasteiger partial charge is 0.289 e. The van der Waals surface area contributed by atoms with Gasteiger partial charge in [0, 0.05) is 15.6 Å². The maximum absolute atomic E-state index is 13.2. The van der Waals surface area contributed by atoms with Crippen molar-refractivity contribution in [1.29, 1.82) is 0 Å². The maximum Gasteiger partial charge on any atom is 0.193 e. The lowest BCUT2D eigenvalue weighted by atomic mass is 9.98. The van der Waals surface area contributed by atoms with E-state index in [1.165, 1.54) is 12.1 Å². The molecule has 3 heteroatoms. The van der Waals surface area contributed by atoms with E-state index in [4.69, 9.17) is 0 Å². The van der Waals surface area contributed by atoms with Crippen LogP contribution >= 0.6 is 15.9 Å². The van der Waals surface area contributed by atoms with Crippen molar-refractivity contribution >= 4 is 21.7 Å². The highest BCUT2D eigenvalue weighted by molar-refractivity contribution is 9.10. The van der Waals surface area contributed by atoms with Crippen molar-refractivity contribution in [3.8, 4) is 0 Å². The fourth-order valence-corrected chi connectivity index (χ4v) is 2.30. The summed E-state index contributed by atoms with van der Waals surface area (Å²) < 4.78 is 14.1. The Bertz CT molecular complexity index is 620. The van der Waals surface area contributed by atoms with Gasteiger partial charge < -0.3 is 0 Å². The first kappa shape index (κ1) is 13.0. The van der Waals surface area contributed by atoms with Crippen molar-refractivity contribution in [3.63, 3.8) is 0 Å². The van der Waals surface area contributed by atoms with Gasteiger partial charge in [0.2, 0.25) is 0 Å². The summed E-state index contributed by atoms with van der Waals surface area (Å²) in [6.07, 6.45) is 0. The molecule has 0 aliphatic carbocycles. The van der Waals surface area contributed by atoms with Crippen LogP contribution in [0.3, 0.4) is 0 Å². The summed E-state index contributed by atoms with van der Waals surface area (Å²) in [4.78, 5) is 12.3. The third kappa shape index (κ3) is 2.51. The Morgan fingerprint density at radius 1 is 1.06 bits per heavy atom. The van der Waals surface area contributed by atoms with Crippen LogP contribution in [0.5, 0.6) is 0 Å². The SMILES string of the molecule is Cc1cc(C(=O)c2ccc(Br)cc2C)ccc1F. The molecule has 2 rings (SSSR count). The molecule has 0 atom stereocenters. The number of rotatable bonds is 2. The fraction of sp³-hybridized carbons (Fsp3) is 0.133. The van der Waals surface area contributed by atoms with Crippen LogP contribution in [0.15, 0.2) is 40.9 Å². The van der Waals surface area contributed by atoms with Gasteiger partial charge in [0.1, 0.15) is 5.82 Å². The zero-order chi connectivity index (χ0) is 13.3. The molecule has 1 nitrogen and oxygen atoms in total. The maximum atomic E-state index is 13.2. The molecule has 0 N–H and O–H groups in total. The van der Waals surface area contributed by atoms with Gasteiger partial charge in [-0.05, 0) is 61.4 Å². The summed E-state index contributed by atoms with van der Waals surface area (Å²) in [7, 11) is 0. The van der Waals surface area contributed by atoms with E-state index in [2.05, 4.69) is 15.9 Å². The van der Waals surface area contributed by atoms with Crippen LogP contribution in [0.4, 0.5) is 4.39 Å². The zero-order valence-corrected chi connectivity index (χ0v) is 11.7. The number of benzene rings is 2. The topological polar surface area (TPSA) is 17.1 Å². The molecule has 0 amide bonds. The minimum absolute atomic E-state index is 0.0805. The lowest BCUT2D eigenvalue weighted by Crippen LogP contribution is -2.04. The van der Waals surface area contributed by atoms with E-state index < -0.39 is 0 Å². The molecule has 0 fully saturated rings. The first-order valence-corrected chi connectivity index (χ1v) is 6.35. The van der Waals surface area contributed by atoms with E-state index in [-0.39, 0.29) is 11.6 Å². The Kier molecular flexibility index (Phi) is 3.62. The van der Waals surface area contributed by atoms with Gasteiger partial charge in [0.05, 0.1) is 0 Å². The zero-order valence-electron chi connectivity index (χ0n) is 10.1. The molecule has 0 aliphatic rings. The van der Waals surface area contributed by atoms with Crippen molar-refractivity contribution in [2.24, 2.45) is 0 Å². The first-order chi connectivity index (χ1) is 8.49. The number of halogens is 2. The number of ketones is 1. The Hall–Kier alpha value is -1.48. The van der Waals surface area contributed by atoms with E-state index >= 15 is 0 Å². The minimum Gasteiger partial charge on any atom is -0.289 e. The first-order valence-electron chi connectivity index (χ1n) is 5.56. The van der Waals surface area contributed by atoms with Gasteiger partial charge in [0.25, 0.3) is 0 Å². The predicted octanol–water partition coefficient (Wildman–Crippen LogP) is 4.44. The molecule has 2 aromatic carbocycles. The van der Waals surface area contributed by atoms with E-state index in [0.29, 0.717) is 16.7 Å². The molecule has 0 bridgehead atoms. The molecule has 0 aromatic heterocycles. The Balaban J connectivity index is 2.44. The molecule has 0 radical (unpaired) electrons. The number of hydrogen-bond acceptors (Lipinski definition) is 1. The average molecular weight is 307 g/mol. The normalized spacial score (nSPS) is 10.4. The van der Waals surface area contributed by atoms with E-state index in [0.717, 1.165) is 10.0 Å². The molecule has 0 spiro atoms. The Morgan fingerprint density at radius 3 is 2.39 bits per heavy atom. The molecule has 0 heterocycles. The summed E-state index contributed by atoms with van der Waals surface area (Å²) >= 11 is 3.36. The molecule has 18 heavy (non-hydrogen) atoms. The summed E-state index contributed by atoms with van der Waals surface area (Å²) in [5.74, 6) is -0.373. The highest BCUT2D eigenvalue weighted by Crippen LogP contribution is 2.20. The minimum atomic E-state index is -0.293. The van der Waals surface area contributed by atoms with Gasteiger partial charge in [-0.3, -0.25) is 4.79 Å². The Morgan fingerprint density at radius 2 is 1.78 bits per heavy atom. The lowest BCUT2D eigenvalue weighted by Gasteiger charge is -2.06. The van der Waals surface area contributed by atoms with Crippen LogP contribution in [0.2, 0.25) is 0 Å². The molecule has 0 saturated carbocycles.